The molecule has 0 amide bonds. The van der Waals surface area contributed by atoms with E-state index in [0.29, 0.717) is 5.92 Å². The fraction of sp³-hybridized carbons (Fsp3) is 0.600. The van der Waals surface area contributed by atoms with E-state index in [-0.39, 0.29) is 6.10 Å². The molecule has 1 aromatic rings. The molecule has 2 rings (SSSR count). The molecule has 1 heteroatoms. The first kappa shape index (κ1) is 11.7. The van der Waals surface area contributed by atoms with E-state index in [1.54, 1.807) is 0 Å². The van der Waals surface area contributed by atoms with E-state index in [0.717, 1.165) is 12.8 Å². The van der Waals surface area contributed by atoms with Crippen molar-refractivity contribution >= 4 is 0 Å². The molecule has 0 radical (unpaired) electrons. The van der Waals surface area contributed by atoms with Crippen LogP contribution in [0.5, 0.6) is 0 Å². The molecule has 0 bridgehead atoms. The van der Waals surface area contributed by atoms with Gasteiger partial charge in [0.25, 0.3) is 0 Å². The second-order valence-corrected chi connectivity index (χ2v) is 5.29. The van der Waals surface area contributed by atoms with Crippen LogP contribution in [0.3, 0.4) is 0 Å². The van der Waals surface area contributed by atoms with Crippen LogP contribution in [-0.2, 0) is 0 Å². The summed E-state index contributed by atoms with van der Waals surface area (Å²) in [6, 6.07) is 6.79. The Hall–Kier alpha value is -0.820. The average molecular weight is 218 g/mol. The number of aliphatic hydroxyl groups excluding tert-OH is 1. The fourth-order valence-corrected chi connectivity index (χ4v) is 2.88. The van der Waals surface area contributed by atoms with Crippen molar-refractivity contribution < 1.29 is 5.11 Å². The SMILES string of the molecule is Cc1cc(C)cc(C2CCCCC(O)C2)c1. The largest absolute Gasteiger partial charge is 0.393 e. The van der Waals surface area contributed by atoms with Gasteiger partial charge < -0.3 is 5.11 Å². The van der Waals surface area contributed by atoms with Gasteiger partial charge in [-0.1, -0.05) is 42.2 Å². The smallest absolute Gasteiger partial charge is 0.0546 e. The third kappa shape index (κ3) is 2.85. The maximum Gasteiger partial charge on any atom is 0.0546 e. The van der Waals surface area contributed by atoms with Crippen molar-refractivity contribution in [2.75, 3.05) is 0 Å². The lowest BCUT2D eigenvalue weighted by molar-refractivity contribution is 0.152. The molecular formula is C15H22O. The molecule has 0 aromatic heterocycles. The quantitative estimate of drug-likeness (QED) is 0.712. The Morgan fingerprint density at radius 3 is 2.31 bits per heavy atom. The van der Waals surface area contributed by atoms with Crippen molar-refractivity contribution in [3.63, 3.8) is 0 Å². The predicted molar refractivity (Wildman–Crippen MR) is 67.7 cm³/mol. The Balaban J connectivity index is 2.21. The standard InChI is InChI=1S/C15H22O/c1-11-7-12(2)9-14(8-11)13-5-3-4-6-15(16)10-13/h7-9,13,15-16H,3-6,10H2,1-2H3. The molecule has 1 nitrogen and oxygen atoms in total. The molecule has 16 heavy (non-hydrogen) atoms. The average Bonchev–Trinajstić information content (AvgIpc) is 2.41. The summed E-state index contributed by atoms with van der Waals surface area (Å²) in [5.74, 6) is 0.566. The molecule has 1 saturated carbocycles. The third-order valence-electron chi connectivity index (χ3n) is 3.61. The first-order valence-electron chi connectivity index (χ1n) is 6.41. The molecule has 2 atom stereocenters. The van der Waals surface area contributed by atoms with Gasteiger partial charge in [0, 0.05) is 0 Å². The van der Waals surface area contributed by atoms with Gasteiger partial charge in [-0.3, -0.25) is 0 Å². The first-order valence-corrected chi connectivity index (χ1v) is 6.41. The van der Waals surface area contributed by atoms with Crippen LogP contribution < -0.4 is 0 Å². The van der Waals surface area contributed by atoms with Crippen LogP contribution in [0.25, 0.3) is 0 Å². The predicted octanol–water partition coefficient (Wildman–Crippen LogP) is 3.71. The highest BCUT2D eigenvalue weighted by atomic mass is 16.3. The highest BCUT2D eigenvalue weighted by Gasteiger charge is 2.20. The van der Waals surface area contributed by atoms with Crippen molar-refractivity contribution in [1.29, 1.82) is 0 Å². The Morgan fingerprint density at radius 1 is 1.00 bits per heavy atom. The van der Waals surface area contributed by atoms with E-state index in [4.69, 9.17) is 0 Å². The highest BCUT2D eigenvalue weighted by molar-refractivity contribution is 5.31. The highest BCUT2D eigenvalue weighted by Crippen LogP contribution is 2.32. The van der Waals surface area contributed by atoms with Gasteiger partial charge in [-0.2, -0.15) is 0 Å². The number of aryl methyl sites for hydroxylation is 2. The Morgan fingerprint density at radius 2 is 1.62 bits per heavy atom. The van der Waals surface area contributed by atoms with Gasteiger partial charge in [-0.15, -0.1) is 0 Å². The van der Waals surface area contributed by atoms with E-state index in [2.05, 4.69) is 32.0 Å². The third-order valence-corrected chi connectivity index (χ3v) is 3.61. The van der Waals surface area contributed by atoms with E-state index in [9.17, 15) is 5.11 Å². The Bertz CT molecular complexity index is 336. The number of benzene rings is 1. The zero-order valence-corrected chi connectivity index (χ0v) is 10.4. The molecule has 0 aliphatic heterocycles. The van der Waals surface area contributed by atoms with Gasteiger partial charge in [0.2, 0.25) is 0 Å². The van der Waals surface area contributed by atoms with Gasteiger partial charge >= 0.3 is 0 Å². The Labute approximate surface area is 98.5 Å². The lowest BCUT2D eigenvalue weighted by Gasteiger charge is -2.18. The van der Waals surface area contributed by atoms with E-state index in [1.807, 2.05) is 0 Å². The number of hydrogen-bond donors (Lipinski definition) is 1. The zero-order chi connectivity index (χ0) is 11.5. The molecule has 1 aliphatic rings. The summed E-state index contributed by atoms with van der Waals surface area (Å²) >= 11 is 0. The molecular weight excluding hydrogens is 196 g/mol. The van der Waals surface area contributed by atoms with Crippen LogP contribution in [0.4, 0.5) is 0 Å². The lowest BCUT2D eigenvalue weighted by Crippen LogP contribution is -2.09. The molecule has 1 aromatic carbocycles. The summed E-state index contributed by atoms with van der Waals surface area (Å²) in [4.78, 5) is 0. The molecule has 0 heterocycles. The van der Waals surface area contributed by atoms with Crippen molar-refractivity contribution in [2.24, 2.45) is 0 Å². The minimum Gasteiger partial charge on any atom is -0.393 e. The van der Waals surface area contributed by atoms with E-state index in [1.165, 1.54) is 36.0 Å². The maximum atomic E-state index is 9.86. The van der Waals surface area contributed by atoms with Crippen molar-refractivity contribution in [3.05, 3.63) is 34.9 Å². The van der Waals surface area contributed by atoms with Gasteiger partial charge in [-0.05, 0) is 44.6 Å². The van der Waals surface area contributed by atoms with Crippen LogP contribution in [0.15, 0.2) is 18.2 Å². The minimum absolute atomic E-state index is 0.0895. The van der Waals surface area contributed by atoms with Crippen LogP contribution >= 0.6 is 0 Å². The molecule has 1 N–H and O–H groups in total. The summed E-state index contributed by atoms with van der Waals surface area (Å²) in [7, 11) is 0. The number of rotatable bonds is 1. The summed E-state index contributed by atoms with van der Waals surface area (Å²) in [5, 5.41) is 9.86. The normalized spacial score (nSPS) is 26.4. The van der Waals surface area contributed by atoms with Crippen LogP contribution in [0.1, 0.15) is 54.7 Å². The van der Waals surface area contributed by atoms with Crippen molar-refractivity contribution in [2.45, 2.75) is 58.0 Å². The van der Waals surface area contributed by atoms with Crippen molar-refractivity contribution in [1.82, 2.24) is 0 Å². The number of hydrogen-bond acceptors (Lipinski definition) is 1. The molecule has 0 spiro atoms. The van der Waals surface area contributed by atoms with Crippen LogP contribution in [0, 0.1) is 13.8 Å². The van der Waals surface area contributed by atoms with Crippen molar-refractivity contribution in [3.8, 4) is 0 Å². The van der Waals surface area contributed by atoms with E-state index < -0.39 is 0 Å². The Kier molecular flexibility index (Phi) is 3.65. The second kappa shape index (κ2) is 5.01. The maximum absolute atomic E-state index is 9.86. The summed E-state index contributed by atoms with van der Waals surface area (Å²) < 4.78 is 0. The van der Waals surface area contributed by atoms with Gasteiger partial charge in [0.1, 0.15) is 0 Å². The first-order chi connectivity index (χ1) is 7.65. The fourth-order valence-electron chi connectivity index (χ4n) is 2.88. The van der Waals surface area contributed by atoms with Crippen LogP contribution in [0.2, 0.25) is 0 Å². The summed E-state index contributed by atoms with van der Waals surface area (Å²) in [6.45, 7) is 4.31. The van der Waals surface area contributed by atoms with Gasteiger partial charge in [0.15, 0.2) is 0 Å². The monoisotopic (exact) mass is 218 g/mol. The molecule has 1 aliphatic carbocycles. The summed E-state index contributed by atoms with van der Waals surface area (Å²) in [6.07, 6.45) is 5.52. The molecule has 1 fully saturated rings. The number of aliphatic hydroxyl groups is 1. The van der Waals surface area contributed by atoms with Gasteiger partial charge in [-0.25, -0.2) is 0 Å². The lowest BCUT2D eigenvalue weighted by atomic mass is 9.89. The topological polar surface area (TPSA) is 20.2 Å². The van der Waals surface area contributed by atoms with E-state index >= 15 is 0 Å². The minimum atomic E-state index is -0.0895. The zero-order valence-electron chi connectivity index (χ0n) is 10.4. The van der Waals surface area contributed by atoms with Gasteiger partial charge in [0.05, 0.1) is 6.10 Å². The summed E-state index contributed by atoms with van der Waals surface area (Å²) in [5.41, 5.74) is 4.11. The molecule has 0 saturated heterocycles. The molecule has 88 valence electrons. The molecule has 2 unspecified atom stereocenters. The van der Waals surface area contributed by atoms with Crippen LogP contribution in [-0.4, -0.2) is 11.2 Å². The second-order valence-electron chi connectivity index (χ2n) is 5.29.